The number of imidazole rings is 1. The maximum absolute atomic E-state index is 5.58. The third kappa shape index (κ3) is 2.49. The Kier molecular flexibility index (Phi) is 3.55. The first kappa shape index (κ1) is 14.0. The van der Waals surface area contributed by atoms with Crippen molar-refractivity contribution < 1.29 is 4.42 Å². The Bertz CT molecular complexity index is 894. The van der Waals surface area contributed by atoms with Gasteiger partial charge in [-0.1, -0.05) is 24.3 Å². The fourth-order valence-corrected chi connectivity index (χ4v) is 3.41. The van der Waals surface area contributed by atoms with Gasteiger partial charge >= 0.3 is 0 Å². The van der Waals surface area contributed by atoms with E-state index >= 15 is 0 Å². The largest absolute Gasteiger partial charge is 0.464 e. The Morgan fingerprint density at radius 2 is 1.91 bits per heavy atom. The minimum absolute atomic E-state index is 0.136. The summed E-state index contributed by atoms with van der Waals surface area (Å²) in [5.74, 6) is 1.76. The van der Waals surface area contributed by atoms with Gasteiger partial charge in [0.1, 0.15) is 16.6 Å². The molecule has 0 saturated carbocycles. The molecule has 0 saturated heterocycles. The molecule has 0 N–H and O–H groups in total. The summed E-state index contributed by atoms with van der Waals surface area (Å²) in [7, 11) is 0. The van der Waals surface area contributed by atoms with Gasteiger partial charge in [0.25, 0.3) is 0 Å². The van der Waals surface area contributed by atoms with Gasteiger partial charge in [-0.2, -0.15) is 0 Å². The van der Waals surface area contributed by atoms with Crippen LogP contribution in [0, 0.1) is 0 Å². The zero-order chi connectivity index (χ0) is 15.6. The Labute approximate surface area is 138 Å². The summed E-state index contributed by atoms with van der Waals surface area (Å²) in [6.07, 6.45) is 7.36. The first-order valence-electron chi connectivity index (χ1n) is 7.40. The highest BCUT2D eigenvalue weighted by atomic mass is 32.1. The summed E-state index contributed by atoms with van der Waals surface area (Å²) in [4.78, 5) is 9.02. The predicted octanol–water partition coefficient (Wildman–Crippen LogP) is 4.88. The van der Waals surface area contributed by atoms with Crippen LogP contribution in [0.4, 0.5) is 0 Å². The van der Waals surface area contributed by atoms with Gasteiger partial charge in [0, 0.05) is 35.1 Å². The lowest BCUT2D eigenvalue weighted by molar-refractivity contribution is 0.582. The van der Waals surface area contributed by atoms with Crippen LogP contribution >= 0.6 is 11.3 Å². The molecule has 0 spiro atoms. The van der Waals surface area contributed by atoms with E-state index in [-0.39, 0.29) is 6.04 Å². The van der Waals surface area contributed by atoms with Gasteiger partial charge in [-0.3, -0.25) is 0 Å². The van der Waals surface area contributed by atoms with E-state index < -0.39 is 0 Å². The third-order valence-electron chi connectivity index (χ3n) is 3.85. The molecule has 23 heavy (non-hydrogen) atoms. The lowest BCUT2D eigenvalue weighted by Crippen LogP contribution is -2.07. The van der Waals surface area contributed by atoms with Crippen molar-refractivity contribution in [2.24, 2.45) is 0 Å². The van der Waals surface area contributed by atoms with Crippen molar-refractivity contribution in [3.63, 3.8) is 0 Å². The van der Waals surface area contributed by atoms with Gasteiger partial charge in [0.05, 0.1) is 12.3 Å². The van der Waals surface area contributed by atoms with E-state index in [4.69, 9.17) is 4.42 Å². The molecule has 0 fully saturated rings. The highest BCUT2D eigenvalue weighted by Gasteiger charge is 2.18. The second-order valence-corrected chi connectivity index (χ2v) is 6.15. The van der Waals surface area contributed by atoms with Crippen LogP contribution in [-0.2, 0) is 0 Å². The predicted molar refractivity (Wildman–Crippen MR) is 91.3 cm³/mol. The summed E-state index contributed by atoms with van der Waals surface area (Å²) in [5.41, 5.74) is 2.09. The quantitative estimate of drug-likeness (QED) is 0.538. The van der Waals surface area contributed by atoms with Gasteiger partial charge in [-0.05, 0) is 19.1 Å². The number of furan rings is 1. The van der Waals surface area contributed by atoms with Crippen LogP contribution in [0.25, 0.3) is 22.7 Å². The lowest BCUT2D eigenvalue weighted by Gasteiger charge is -2.15. The number of thiazole rings is 1. The molecule has 4 nitrogen and oxygen atoms in total. The number of hydrogen-bond donors (Lipinski definition) is 0. The molecular formula is C18H15N3OS. The van der Waals surface area contributed by atoms with Crippen molar-refractivity contribution >= 4 is 11.3 Å². The van der Waals surface area contributed by atoms with E-state index in [2.05, 4.69) is 33.6 Å². The van der Waals surface area contributed by atoms with Crippen LogP contribution in [0.5, 0.6) is 0 Å². The zero-order valence-corrected chi connectivity index (χ0v) is 13.4. The monoisotopic (exact) mass is 321 g/mol. The average Bonchev–Trinajstić information content (AvgIpc) is 3.36. The minimum Gasteiger partial charge on any atom is -0.464 e. The van der Waals surface area contributed by atoms with Crippen molar-refractivity contribution in [3.8, 4) is 22.7 Å². The molecule has 0 aliphatic carbocycles. The van der Waals surface area contributed by atoms with Gasteiger partial charge < -0.3 is 8.98 Å². The second-order valence-electron chi connectivity index (χ2n) is 5.23. The highest BCUT2D eigenvalue weighted by Crippen LogP contribution is 2.33. The maximum Gasteiger partial charge on any atom is 0.141 e. The van der Waals surface area contributed by atoms with E-state index in [0.29, 0.717) is 0 Å². The van der Waals surface area contributed by atoms with Crippen LogP contribution in [0.15, 0.2) is 71.0 Å². The fourth-order valence-electron chi connectivity index (χ4n) is 2.72. The Hall–Kier alpha value is -2.66. The highest BCUT2D eigenvalue weighted by molar-refractivity contribution is 7.09. The van der Waals surface area contributed by atoms with Crippen LogP contribution in [0.1, 0.15) is 18.0 Å². The van der Waals surface area contributed by atoms with E-state index in [9.17, 15) is 0 Å². The summed E-state index contributed by atoms with van der Waals surface area (Å²) < 4.78 is 7.74. The van der Waals surface area contributed by atoms with E-state index in [1.165, 1.54) is 0 Å². The lowest BCUT2D eigenvalue weighted by atomic mass is 10.0. The van der Waals surface area contributed by atoms with E-state index in [1.807, 2.05) is 48.2 Å². The summed E-state index contributed by atoms with van der Waals surface area (Å²) in [6.45, 7) is 2.14. The molecule has 0 bridgehead atoms. The van der Waals surface area contributed by atoms with Gasteiger partial charge in [0.2, 0.25) is 0 Å². The number of rotatable bonds is 4. The van der Waals surface area contributed by atoms with Crippen molar-refractivity contribution in [3.05, 3.63) is 71.6 Å². The summed E-state index contributed by atoms with van der Waals surface area (Å²) in [5, 5.41) is 3.07. The van der Waals surface area contributed by atoms with Crippen LogP contribution < -0.4 is 0 Å². The topological polar surface area (TPSA) is 43.9 Å². The molecule has 0 radical (unpaired) electrons. The van der Waals surface area contributed by atoms with Crippen LogP contribution in [0.2, 0.25) is 0 Å². The molecule has 0 aliphatic rings. The molecule has 1 aromatic carbocycles. The van der Waals surface area contributed by atoms with Gasteiger partial charge in [-0.15, -0.1) is 11.3 Å². The van der Waals surface area contributed by atoms with Crippen molar-refractivity contribution in [1.29, 1.82) is 0 Å². The van der Waals surface area contributed by atoms with Crippen molar-refractivity contribution in [2.45, 2.75) is 13.0 Å². The molecule has 4 rings (SSSR count). The molecular weight excluding hydrogens is 306 g/mol. The molecule has 0 amide bonds. The smallest absolute Gasteiger partial charge is 0.141 e. The molecule has 0 aliphatic heterocycles. The van der Waals surface area contributed by atoms with Crippen molar-refractivity contribution in [1.82, 2.24) is 14.5 Å². The molecule has 114 valence electrons. The van der Waals surface area contributed by atoms with Crippen LogP contribution in [-0.4, -0.2) is 14.5 Å². The molecule has 3 heterocycles. The van der Waals surface area contributed by atoms with E-state index in [0.717, 1.165) is 27.7 Å². The SMILES string of the molecule is C[C@@H](c1nccs1)n1ccnc1-c1ccccc1-c1ccco1. The summed E-state index contributed by atoms with van der Waals surface area (Å²) in [6, 6.07) is 12.2. The Morgan fingerprint density at radius 1 is 1.04 bits per heavy atom. The molecule has 5 heteroatoms. The van der Waals surface area contributed by atoms with Crippen molar-refractivity contribution in [2.75, 3.05) is 0 Å². The number of benzene rings is 1. The Morgan fingerprint density at radius 3 is 2.65 bits per heavy atom. The standard InChI is InChI=1S/C18H15N3OS/c1-13(18-20-9-12-23-18)21-10-8-19-17(21)15-6-3-2-5-14(15)16-7-4-11-22-16/h2-13H,1H3/t13-/m0/s1. The normalized spacial score (nSPS) is 12.4. The van der Waals surface area contributed by atoms with E-state index in [1.54, 1.807) is 17.6 Å². The number of aromatic nitrogens is 3. The minimum atomic E-state index is 0.136. The third-order valence-corrected chi connectivity index (χ3v) is 4.80. The molecule has 4 aromatic rings. The molecule has 1 atom stereocenters. The number of nitrogens with zero attached hydrogens (tertiary/aromatic N) is 3. The average molecular weight is 321 g/mol. The Balaban J connectivity index is 1.83. The molecule has 0 unspecified atom stereocenters. The van der Waals surface area contributed by atoms with Gasteiger partial charge in [-0.25, -0.2) is 9.97 Å². The maximum atomic E-state index is 5.58. The molecule has 3 aromatic heterocycles. The fraction of sp³-hybridized carbons (Fsp3) is 0.111. The number of hydrogen-bond acceptors (Lipinski definition) is 4. The zero-order valence-electron chi connectivity index (χ0n) is 12.6. The first-order valence-corrected chi connectivity index (χ1v) is 8.28. The first-order chi connectivity index (χ1) is 11.3. The second kappa shape index (κ2) is 5.85. The van der Waals surface area contributed by atoms with Gasteiger partial charge in [0.15, 0.2) is 0 Å². The summed E-state index contributed by atoms with van der Waals surface area (Å²) >= 11 is 1.66. The van der Waals surface area contributed by atoms with Crippen LogP contribution in [0.3, 0.4) is 0 Å².